The lowest BCUT2D eigenvalue weighted by molar-refractivity contribution is -0.148. The van der Waals surface area contributed by atoms with Gasteiger partial charge in [0, 0.05) is 16.5 Å². The first-order valence-corrected chi connectivity index (χ1v) is 14.8. The van der Waals surface area contributed by atoms with E-state index in [2.05, 4.69) is 4.74 Å². The number of aliphatic carboxylic acids is 1. The Morgan fingerprint density at radius 1 is 1.02 bits per heavy atom. The van der Waals surface area contributed by atoms with Gasteiger partial charge in [-0.15, -0.1) is 0 Å². The zero-order valence-corrected chi connectivity index (χ0v) is 23.1. The Kier molecular flexibility index (Phi) is 6.65. The Bertz CT molecular complexity index is 1620. The van der Waals surface area contributed by atoms with Gasteiger partial charge in [0.15, 0.2) is 0 Å². The summed E-state index contributed by atoms with van der Waals surface area (Å²) in [6, 6.07) is 13.6. The molecule has 2 saturated carbocycles. The number of carbonyl (C=O) groups is 1. The van der Waals surface area contributed by atoms with E-state index in [1.54, 1.807) is 12.1 Å². The van der Waals surface area contributed by atoms with Crippen LogP contribution in [-0.2, 0) is 14.8 Å². The van der Waals surface area contributed by atoms with Crippen molar-refractivity contribution in [1.29, 1.82) is 0 Å². The second-order valence-electron chi connectivity index (χ2n) is 11.0. The molecule has 0 spiro atoms. The molecule has 0 unspecified atom stereocenters. The molecule has 0 amide bonds. The minimum atomic E-state index is -4.16. The van der Waals surface area contributed by atoms with Crippen LogP contribution in [0, 0.1) is 16.6 Å². The lowest BCUT2D eigenvalue weighted by Gasteiger charge is -2.43. The highest BCUT2D eigenvalue weighted by Gasteiger charge is 2.62. The smallest absolute Gasteiger partial charge is 0.387 e. The lowest BCUT2D eigenvalue weighted by atomic mass is 9.78. The standard InChI is InChI=1S/C29H25ClF3NO6S/c30-19-2-4-22(5-3-19)41(37,38)34-15-25(28-7-9-29(16-28,10-8-28)26(35)36)40-24-6-1-17(13-23(24)34)18-11-20(31)14-21(12-18)39-27(32)33/h1-6,11-14,25,27H,7-10,15-16H2,(H,35,36)/t25-,28?,29?/m1/s1. The molecule has 6 rings (SSSR count). The molecule has 0 aromatic heterocycles. The molecule has 1 atom stereocenters. The van der Waals surface area contributed by atoms with Crippen molar-refractivity contribution >= 4 is 33.3 Å². The van der Waals surface area contributed by atoms with Gasteiger partial charge in [0.25, 0.3) is 10.0 Å². The summed E-state index contributed by atoms with van der Waals surface area (Å²) in [7, 11) is -4.16. The Morgan fingerprint density at radius 2 is 1.73 bits per heavy atom. The van der Waals surface area contributed by atoms with E-state index in [0.717, 1.165) is 12.1 Å². The maximum Gasteiger partial charge on any atom is 0.387 e. The van der Waals surface area contributed by atoms with Crippen LogP contribution in [0.3, 0.4) is 0 Å². The number of hydrogen-bond donors (Lipinski definition) is 1. The van der Waals surface area contributed by atoms with Gasteiger partial charge < -0.3 is 14.6 Å². The lowest BCUT2D eigenvalue weighted by Crippen LogP contribution is -2.50. The fraction of sp³-hybridized carbons (Fsp3) is 0.345. The molecule has 12 heteroatoms. The van der Waals surface area contributed by atoms with Crippen molar-refractivity contribution in [3.8, 4) is 22.6 Å². The molecule has 41 heavy (non-hydrogen) atoms. The van der Waals surface area contributed by atoms with Crippen LogP contribution >= 0.6 is 11.6 Å². The van der Waals surface area contributed by atoms with Crippen LogP contribution in [-0.4, -0.2) is 38.8 Å². The minimum absolute atomic E-state index is 0.00694. The van der Waals surface area contributed by atoms with Gasteiger partial charge in [-0.2, -0.15) is 8.78 Å². The average molecular weight is 608 g/mol. The third-order valence-corrected chi connectivity index (χ3v) is 10.7. The van der Waals surface area contributed by atoms with E-state index >= 15 is 0 Å². The molecule has 2 fully saturated rings. The molecule has 2 aliphatic carbocycles. The molecule has 216 valence electrons. The molecule has 7 nitrogen and oxygen atoms in total. The van der Waals surface area contributed by atoms with Crippen LogP contribution < -0.4 is 13.8 Å². The van der Waals surface area contributed by atoms with Crippen molar-refractivity contribution in [2.24, 2.45) is 10.8 Å². The molecular weight excluding hydrogens is 583 g/mol. The van der Waals surface area contributed by atoms with Crippen LogP contribution in [0.2, 0.25) is 5.02 Å². The molecule has 2 bridgehead atoms. The third kappa shape index (κ3) is 4.78. The van der Waals surface area contributed by atoms with E-state index in [0.29, 0.717) is 42.7 Å². The second kappa shape index (κ2) is 9.84. The first kappa shape index (κ1) is 27.7. The summed E-state index contributed by atoms with van der Waals surface area (Å²) < 4.78 is 80.0. The topological polar surface area (TPSA) is 93.1 Å². The van der Waals surface area contributed by atoms with Crippen molar-refractivity contribution in [3.63, 3.8) is 0 Å². The van der Waals surface area contributed by atoms with Gasteiger partial charge in [0.05, 0.1) is 22.5 Å². The summed E-state index contributed by atoms with van der Waals surface area (Å²) in [5, 5.41) is 10.3. The van der Waals surface area contributed by atoms with E-state index in [1.807, 2.05) is 0 Å². The molecule has 1 N–H and O–H groups in total. The van der Waals surface area contributed by atoms with Crippen molar-refractivity contribution < 1.29 is 41.0 Å². The molecule has 3 aliphatic rings. The van der Waals surface area contributed by atoms with E-state index < -0.39 is 45.4 Å². The zero-order chi connectivity index (χ0) is 29.2. The predicted octanol–water partition coefficient (Wildman–Crippen LogP) is 6.74. The number of sulfonamides is 1. The maximum atomic E-state index is 14.3. The largest absolute Gasteiger partial charge is 0.486 e. The number of carboxylic acids is 1. The van der Waals surface area contributed by atoms with E-state index in [1.165, 1.54) is 40.7 Å². The minimum Gasteiger partial charge on any atom is -0.486 e. The van der Waals surface area contributed by atoms with Crippen molar-refractivity contribution in [1.82, 2.24) is 0 Å². The molecule has 0 saturated heterocycles. The fourth-order valence-electron chi connectivity index (χ4n) is 6.59. The first-order valence-electron chi connectivity index (χ1n) is 13.0. The molecule has 0 radical (unpaired) electrons. The number of ether oxygens (including phenoxy) is 2. The summed E-state index contributed by atoms with van der Waals surface area (Å²) in [5.41, 5.74) is -0.599. The zero-order valence-electron chi connectivity index (χ0n) is 21.5. The first-order chi connectivity index (χ1) is 19.4. The van der Waals surface area contributed by atoms with E-state index in [9.17, 15) is 31.5 Å². The number of nitrogens with zero attached hydrogens (tertiary/aromatic N) is 1. The molecule has 3 aromatic carbocycles. The molecule has 3 aromatic rings. The van der Waals surface area contributed by atoms with Crippen LogP contribution in [0.4, 0.5) is 18.9 Å². The quantitative estimate of drug-likeness (QED) is 0.320. The molecule has 1 heterocycles. The van der Waals surface area contributed by atoms with Gasteiger partial charge >= 0.3 is 12.6 Å². The Hall–Kier alpha value is -3.44. The summed E-state index contributed by atoms with van der Waals surface area (Å²) in [6.07, 6.45) is 2.00. The third-order valence-electron chi connectivity index (χ3n) is 8.69. The monoisotopic (exact) mass is 607 g/mol. The second-order valence-corrected chi connectivity index (χ2v) is 13.3. The maximum absolute atomic E-state index is 14.3. The SMILES string of the molecule is O=C(O)C12CCC([C@H]3CN(S(=O)(=O)c4ccc(Cl)cc4)c4cc(-c5cc(F)cc(OC(F)F)c5)ccc4O3)(CC1)C2. The molecule has 1 aliphatic heterocycles. The predicted molar refractivity (Wildman–Crippen MR) is 144 cm³/mol. The van der Waals surface area contributed by atoms with Gasteiger partial charge in [0.1, 0.15) is 23.4 Å². The number of fused-ring (bicyclic) bond motifs is 3. The van der Waals surface area contributed by atoms with Crippen molar-refractivity contribution in [2.75, 3.05) is 10.8 Å². The molecular formula is C29H25ClF3NO6S. The number of hydrogen-bond acceptors (Lipinski definition) is 5. The Balaban J connectivity index is 1.44. The normalized spacial score (nSPS) is 25.2. The van der Waals surface area contributed by atoms with Gasteiger partial charge in [-0.1, -0.05) is 17.7 Å². The van der Waals surface area contributed by atoms with Crippen LogP contribution in [0.1, 0.15) is 32.1 Å². The number of alkyl halides is 2. The van der Waals surface area contributed by atoms with Gasteiger partial charge in [-0.3, -0.25) is 9.10 Å². The van der Waals surface area contributed by atoms with Gasteiger partial charge in [0.2, 0.25) is 0 Å². The number of halogens is 4. The summed E-state index contributed by atoms with van der Waals surface area (Å²) in [4.78, 5) is 12.1. The van der Waals surface area contributed by atoms with Crippen LogP contribution in [0.5, 0.6) is 11.5 Å². The van der Waals surface area contributed by atoms with E-state index in [4.69, 9.17) is 16.3 Å². The Labute approximate surface area is 239 Å². The fourth-order valence-corrected chi connectivity index (χ4v) is 8.18. The number of benzene rings is 3. The van der Waals surface area contributed by atoms with Crippen molar-refractivity contribution in [3.05, 3.63) is 71.5 Å². The average Bonchev–Trinajstić information content (AvgIpc) is 3.51. The summed E-state index contributed by atoms with van der Waals surface area (Å²) in [6.45, 7) is -3.22. The number of rotatable bonds is 7. The highest BCUT2D eigenvalue weighted by molar-refractivity contribution is 7.92. The van der Waals surface area contributed by atoms with Gasteiger partial charge in [-0.25, -0.2) is 12.8 Å². The van der Waals surface area contributed by atoms with E-state index in [-0.39, 0.29) is 34.2 Å². The van der Waals surface area contributed by atoms with Gasteiger partial charge in [-0.05, 0) is 91.8 Å². The summed E-state index contributed by atoms with van der Waals surface area (Å²) >= 11 is 6.00. The number of anilines is 1. The highest BCUT2D eigenvalue weighted by atomic mass is 35.5. The highest BCUT2D eigenvalue weighted by Crippen LogP contribution is 2.64. The number of carboxylic acid groups (broad SMARTS) is 1. The van der Waals surface area contributed by atoms with Crippen LogP contribution in [0.15, 0.2) is 65.6 Å². The van der Waals surface area contributed by atoms with Crippen LogP contribution in [0.25, 0.3) is 11.1 Å². The van der Waals surface area contributed by atoms with Crippen molar-refractivity contribution in [2.45, 2.75) is 49.7 Å². The summed E-state index contributed by atoms with van der Waals surface area (Å²) in [5.74, 6) is -1.76. The Morgan fingerprint density at radius 3 is 2.37 bits per heavy atom.